The SMILES string of the molecule is Nc1nc(Cl)c(/N=N/c2ccccc2)c(N[C@H]2CC[C@@H](CO)C2)n1. The summed E-state index contributed by atoms with van der Waals surface area (Å²) in [5.74, 6) is 0.861. The molecule has 126 valence electrons. The van der Waals surface area contributed by atoms with Gasteiger partial charge in [0.1, 0.15) is 0 Å². The van der Waals surface area contributed by atoms with Crippen molar-refractivity contribution in [2.45, 2.75) is 25.3 Å². The molecule has 1 heterocycles. The first-order chi connectivity index (χ1) is 11.7. The molecule has 0 spiro atoms. The molecule has 1 aliphatic carbocycles. The molecule has 0 saturated heterocycles. The quantitative estimate of drug-likeness (QED) is 0.565. The summed E-state index contributed by atoms with van der Waals surface area (Å²) >= 11 is 6.18. The minimum Gasteiger partial charge on any atom is -0.396 e. The summed E-state index contributed by atoms with van der Waals surface area (Å²) < 4.78 is 0. The molecule has 0 aliphatic heterocycles. The number of hydrogen-bond donors (Lipinski definition) is 3. The van der Waals surface area contributed by atoms with Crippen LogP contribution in [0, 0.1) is 5.92 Å². The predicted octanol–water partition coefficient (Wildman–Crippen LogP) is 3.70. The number of nitrogens with zero attached hydrogens (tertiary/aromatic N) is 4. The Labute approximate surface area is 145 Å². The summed E-state index contributed by atoms with van der Waals surface area (Å²) in [5, 5.41) is 21.1. The number of anilines is 2. The average molecular weight is 347 g/mol. The van der Waals surface area contributed by atoms with Crippen molar-refractivity contribution in [1.82, 2.24) is 9.97 Å². The molecule has 0 bridgehead atoms. The molecule has 1 aliphatic rings. The number of nitrogen functional groups attached to an aromatic ring is 1. The number of azo groups is 1. The number of hydrogen-bond acceptors (Lipinski definition) is 7. The van der Waals surface area contributed by atoms with Crippen molar-refractivity contribution in [2.24, 2.45) is 16.1 Å². The molecule has 1 aromatic heterocycles. The molecule has 0 amide bonds. The number of aliphatic hydroxyl groups excluding tert-OH is 1. The zero-order valence-corrected chi connectivity index (χ0v) is 13.8. The van der Waals surface area contributed by atoms with Gasteiger partial charge in [0, 0.05) is 12.6 Å². The molecule has 2 aromatic rings. The van der Waals surface area contributed by atoms with Gasteiger partial charge < -0.3 is 16.2 Å². The molecule has 7 nitrogen and oxygen atoms in total. The lowest BCUT2D eigenvalue weighted by molar-refractivity contribution is 0.229. The second kappa shape index (κ2) is 7.55. The van der Waals surface area contributed by atoms with Crippen LogP contribution in [0.4, 0.5) is 23.1 Å². The first-order valence-electron chi connectivity index (χ1n) is 7.83. The molecule has 1 saturated carbocycles. The monoisotopic (exact) mass is 346 g/mol. The lowest BCUT2D eigenvalue weighted by Crippen LogP contribution is -2.18. The summed E-state index contributed by atoms with van der Waals surface area (Å²) in [7, 11) is 0. The number of nitrogens with two attached hydrogens (primary N) is 1. The number of benzene rings is 1. The Morgan fingerprint density at radius 1 is 1.21 bits per heavy atom. The third-order valence-corrected chi connectivity index (χ3v) is 4.28. The van der Waals surface area contributed by atoms with Crippen molar-refractivity contribution < 1.29 is 5.11 Å². The van der Waals surface area contributed by atoms with Gasteiger partial charge >= 0.3 is 0 Å². The average Bonchev–Trinajstić information content (AvgIpc) is 3.02. The Kier molecular flexibility index (Phi) is 5.22. The molecule has 0 unspecified atom stereocenters. The maximum atomic E-state index is 9.27. The fourth-order valence-electron chi connectivity index (χ4n) is 2.80. The van der Waals surface area contributed by atoms with Crippen LogP contribution < -0.4 is 11.1 Å². The van der Waals surface area contributed by atoms with Crippen LogP contribution in [0.25, 0.3) is 0 Å². The third kappa shape index (κ3) is 3.98. The van der Waals surface area contributed by atoms with Crippen molar-refractivity contribution in [3.63, 3.8) is 0 Å². The van der Waals surface area contributed by atoms with Crippen LogP contribution in [-0.2, 0) is 0 Å². The van der Waals surface area contributed by atoms with Crippen molar-refractivity contribution in [3.8, 4) is 0 Å². The minimum atomic E-state index is 0.0814. The molecule has 8 heteroatoms. The van der Waals surface area contributed by atoms with Crippen LogP contribution in [-0.4, -0.2) is 27.7 Å². The van der Waals surface area contributed by atoms with E-state index >= 15 is 0 Å². The van der Waals surface area contributed by atoms with Gasteiger partial charge in [-0.2, -0.15) is 15.1 Å². The van der Waals surface area contributed by atoms with Gasteiger partial charge in [0.2, 0.25) is 5.95 Å². The van der Waals surface area contributed by atoms with E-state index in [1.807, 2.05) is 30.3 Å². The molecule has 2 atom stereocenters. The normalized spacial score (nSPS) is 20.6. The van der Waals surface area contributed by atoms with Gasteiger partial charge in [-0.15, -0.1) is 5.11 Å². The number of halogens is 1. The molecule has 1 fully saturated rings. The number of aromatic nitrogens is 2. The fourth-order valence-corrected chi connectivity index (χ4v) is 3.01. The molecule has 1 aromatic carbocycles. The van der Waals surface area contributed by atoms with Crippen molar-refractivity contribution in [1.29, 1.82) is 0 Å². The van der Waals surface area contributed by atoms with E-state index in [1.165, 1.54) is 0 Å². The fraction of sp³-hybridized carbons (Fsp3) is 0.375. The highest BCUT2D eigenvalue weighted by Gasteiger charge is 2.25. The zero-order chi connectivity index (χ0) is 16.9. The topological polar surface area (TPSA) is 109 Å². The Hall–Kier alpha value is -2.25. The first kappa shape index (κ1) is 16.6. The van der Waals surface area contributed by atoms with E-state index in [-0.39, 0.29) is 23.8 Å². The van der Waals surface area contributed by atoms with E-state index < -0.39 is 0 Å². The van der Waals surface area contributed by atoms with Crippen molar-refractivity contribution in [2.75, 3.05) is 17.7 Å². The highest BCUT2D eigenvalue weighted by molar-refractivity contribution is 6.32. The minimum absolute atomic E-state index is 0.0814. The van der Waals surface area contributed by atoms with Gasteiger partial charge in [-0.1, -0.05) is 29.8 Å². The summed E-state index contributed by atoms with van der Waals surface area (Å²) in [6, 6.07) is 9.53. The molecule has 3 rings (SSSR count). The summed E-state index contributed by atoms with van der Waals surface area (Å²) in [6.45, 7) is 0.200. The number of aliphatic hydroxyl groups is 1. The maximum Gasteiger partial charge on any atom is 0.223 e. The summed E-state index contributed by atoms with van der Waals surface area (Å²) in [5.41, 5.74) is 6.77. The highest BCUT2D eigenvalue weighted by Crippen LogP contribution is 2.35. The molecule has 24 heavy (non-hydrogen) atoms. The van der Waals surface area contributed by atoms with Gasteiger partial charge in [-0.05, 0) is 37.3 Å². The Morgan fingerprint density at radius 2 is 2.00 bits per heavy atom. The van der Waals surface area contributed by atoms with E-state index in [1.54, 1.807) is 0 Å². The standard InChI is InChI=1S/C16H19ClN6O/c17-14-13(23-22-11-4-2-1-3-5-11)15(21-16(18)20-14)19-12-7-6-10(8-12)9-24/h1-5,10,12,24H,6-9H2,(H3,18,19,20,21)/b23-22+/t10-,12+/m1/s1. The van der Waals surface area contributed by atoms with Crippen LogP contribution >= 0.6 is 11.6 Å². The van der Waals surface area contributed by atoms with Crippen molar-refractivity contribution in [3.05, 3.63) is 35.5 Å². The van der Waals surface area contributed by atoms with Crippen LogP contribution in [0.15, 0.2) is 40.6 Å². The summed E-state index contributed by atoms with van der Waals surface area (Å²) in [4.78, 5) is 8.17. The highest BCUT2D eigenvalue weighted by atomic mass is 35.5. The zero-order valence-electron chi connectivity index (χ0n) is 13.1. The van der Waals surface area contributed by atoms with Crippen LogP contribution in [0.3, 0.4) is 0 Å². The van der Waals surface area contributed by atoms with Crippen LogP contribution in [0.1, 0.15) is 19.3 Å². The Balaban J connectivity index is 1.84. The summed E-state index contributed by atoms with van der Waals surface area (Å²) in [6.07, 6.45) is 2.79. The second-order valence-corrected chi connectivity index (χ2v) is 6.17. The first-order valence-corrected chi connectivity index (χ1v) is 8.20. The van der Waals surface area contributed by atoms with Gasteiger partial charge in [0.25, 0.3) is 0 Å². The molecular weight excluding hydrogens is 328 g/mol. The Morgan fingerprint density at radius 3 is 2.71 bits per heavy atom. The van der Waals surface area contributed by atoms with E-state index in [2.05, 4.69) is 25.5 Å². The van der Waals surface area contributed by atoms with E-state index in [0.717, 1.165) is 19.3 Å². The lowest BCUT2D eigenvalue weighted by Gasteiger charge is -2.15. The number of nitrogens with one attached hydrogen (secondary N) is 1. The van der Waals surface area contributed by atoms with E-state index in [9.17, 15) is 5.11 Å². The maximum absolute atomic E-state index is 9.27. The van der Waals surface area contributed by atoms with Crippen molar-refractivity contribution >= 4 is 34.7 Å². The second-order valence-electron chi connectivity index (χ2n) is 5.81. The molecular formula is C16H19ClN6O. The van der Waals surface area contributed by atoms with Crippen LogP contribution in [0.5, 0.6) is 0 Å². The predicted molar refractivity (Wildman–Crippen MR) is 93.9 cm³/mol. The van der Waals surface area contributed by atoms with Crippen LogP contribution in [0.2, 0.25) is 5.15 Å². The van der Waals surface area contributed by atoms with E-state index in [4.69, 9.17) is 17.3 Å². The largest absolute Gasteiger partial charge is 0.396 e. The van der Waals surface area contributed by atoms with Gasteiger partial charge in [0.15, 0.2) is 16.7 Å². The van der Waals surface area contributed by atoms with E-state index in [0.29, 0.717) is 23.1 Å². The smallest absolute Gasteiger partial charge is 0.223 e. The number of rotatable bonds is 5. The van der Waals surface area contributed by atoms with Gasteiger partial charge in [-0.25, -0.2) is 0 Å². The molecule has 4 N–H and O–H groups in total. The Bertz CT molecular complexity index is 724. The molecule has 0 radical (unpaired) electrons. The lowest BCUT2D eigenvalue weighted by atomic mass is 10.1. The van der Waals surface area contributed by atoms with Gasteiger partial charge in [-0.3, -0.25) is 0 Å². The third-order valence-electron chi connectivity index (χ3n) is 4.02. The van der Waals surface area contributed by atoms with Gasteiger partial charge in [0.05, 0.1) is 5.69 Å².